The van der Waals surface area contributed by atoms with Gasteiger partial charge in [-0.15, -0.1) is 0 Å². The Labute approximate surface area is 222 Å². The second kappa shape index (κ2) is 9.01. The smallest absolute Gasteiger partial charge is 0.242 e. The quantitative estimate of drug-likeness (QED) is 0.369. The number of imidazole rings is 1. The molecule has 1 unspecified atom stereocenters. The fraction of sp³-hybridized carbons (Fsp3) is 0.519. The standard InChI is InChI=1S/C27H33N3O5S2/c1-16-13-28-21(17(2)24(16)35-6)14-36-25-29-20-8-7-19(34-5)12-22(20)30(25)37(32,33)15-27-10-9-18(11-23(27)31)26(27,3)4/h7-8,12-13,18H,9-11,14-15H2,1-6H3/t18?,27-/m1/s1. The Kier molecular flexibility index (Phi) is 6.34. The van der Waals surface area contributed by atoms with Gasteiger partial charge in [-0.05, 0) is 50.2 Å². The molecule has 2 bridgehead atoms. The molecule has 10 heteroatoms. The van der Waals surface area contributed by atoms with Crippen LogP contribution in [0.5, 0.6) is 11.5 Å². The Morgan fingerprint density at radius 2 is 1.95 bits per heavy atom. The molecule has 198 valence electrons. The Bertz CT molecular complexity index is 1510. The predicted octanol–water partition coefficient (Wildman–Crippen LogP) is 4.93. The lowest BCUT2D eigenvalue weighted by Crippen LogP contribution is -2.43. The normalized spacial score (nSPS) is 22.6. The van der Waals surface area contributed by atoms with Crippen LogP contribution in [0.15, 0.2) is 29.6 Å². The fourth-order valence-corrected chi connectivity index (χ4v) is 9.92. The van der Waals surface area contributed by atoms with Crippen molar-refractivity contribution in [3.63, 3.8) is 0 Å². The van der Waals surface area contributed by atoms with E-state index < -0.39 is 15.4 Å². The number of benzene rings is 1. The second-order valence-electron chi connectivity index (χ2n) is 10.8. The Balaban J connectivity index is 1.58. The van der Waals surface area contributed by atoms with Gasteiger partial charge in [-0.1, -0.05) is 25.6 Å². The zero-order valence-electron chi connectivity index (χ0n) is 22.1. The van der Waals surface area contributed by atoms with Crippen molar-refractivity contribution in [2.45, 2.75) is 57.9 Å². The first-order valence-corrected chi connectivity index (χ1v) is 15.0. The number of methoxy groups -OCH3 is 2. The summed E-state index contributed by atoms with van der Waals surface area (Å²) in [4.78, 5) is 22.4. The van der Waals surface area contributed by atoms with Crippen LogP contribution in [0.2, 0.25) is 0 Å². The summed E-state index contributed by atoms with van der Waals surface area (Å²) in [5, 5.41) is 0.346. The number of fused-ring (bicyclic) bond motifs is 3. The Morgan fingerprint density at radius 1 is 1.19 bits per heavy atom. The van der Waals surface area contributed by atoms with E-state index >= 15 is 0 Å². The van der Waals surface area contributed by atoms with E-state index in [-0.39, 0.29) is 22.9 Å². The number of ether oxygens (including phenoxy) is 2. The van der Waals surface area contributed by atoms with E-state index in [0.29, 0.717) is 40.5 Å². The molecule has 1 aromatic carbocycles. The summed E-state index contributed by atoms with van der Waals surface area (Å²) >= 11 is 1.31. The summed E-state index contributed by atoms with van der Waals surface area (Å²) in [6, 6.07) is 5.22. The van der Waals surface area contributed by atoms with Gasteiger partial charge in [-0.3, -0.25) is 9.78 Å². The molecule has 2 fully saturated rings. The summed E-state index contributed by atoms with van der Waals surface area (Å²) < 4.78 is 40.7. The van der Waals surface area contributed by atoms with Crippen LogP contribution in [0, 0.1) is 30.6 Å². The Morgan fingerprint density at radius 3 is 2.57 bits per heavy atom. The van der Waals surface area contributed by atoms with Crippen LogP contribution in [-0.2, 0) is 20.6 Å². The topological polar surface area (TPSA) is 100 Å². The van der Waals surface area contributed by atoms with Gasteiger partial charge < -0.3 is 9.47 Å². The first-order valence-electron chi connectivity index (χ1n) is 12.4. The molecule has 5 rings (SSSR count). The largest absolute Gasteiger partial charge is 0.497 e. The summed E-state index contributed by atoms with van der Waals surface area (Å²) in [5.41, 5.74) is 2.41. The van der Waals surface area contributed by atoms with E-state index in [1.165, 1.54) is 15.7 Å². The van der Waals surface area contributed by atoms with Crippen molar-refractivity contribution in [2.75, 3.05) is 20.0 Å². The van der Waals surface area contributed by atoms with Crippen molar-refractivity contribution >= 4 is 38.6 Å². The van der Waals surface area contributed by atoms with E-state index in [2.05, 4.69) is 18.8 Å². The van der Waals surface area contributed by atoms with Gasteiger partial charge in [0.05, 0.1) is 42.1 Å². The molecule has 0 amide bonds. The minimum atomic E-state index is -3.95. The number of pyridine rings is 1. The van der Waals surface area contributed by atoms with Crippen molar-refractivity contribution in [1.82, 2.24) is 13.9 Å². The number of rotatable bonds is 8. The molecule has 8 nitrogen and oxygen atoms in total. The monoisotopic (exact) mass is 543 g/mol. The number of Topliss-reactive ketones (excluding diaryl/α,β-unsaturated/α-hetero) is 1. The third-order valence-corrected chi connectivity index (χ3v) is 11.6. The average molecular weight is 544 g/mol. The highest BCUT2D eigenvalue weighted by Crippen LogP contribution is 2.64. The van der Waals surface area contributed by atoms with Crippen LogP contribution < -0.4 is 9.47 Å². The summed E-state index contributed by atoms with van der Waals surface area (Å²) in [6.45, 7) is 7.99. The van der Waals surface area contributed by atoms with Gasteiger partial charge in [0.1, 0.15) is 17.3 Å². The number of ketones is 1. The average Bonchev–Trinajstić information content (AvgIpc) is 3.39. The van der Waals surface area contributed by atoms with Crippen molar-refractivity contribution in [2.24, 2.45) is 16.7 Å². The lowest BCUT2D eigenvalue weighted by Gasteiger charge is -2.36. The third kappa shape index (κ3) is 3.94. The highest BCUT2D eigenvalue weighted by atomic mass is 32.2. The molecule has 2 aromatic heterocycles. The van der Waals surface area contributed by atoms with Crippen molar-refractivity contribution in [1.29, 1.82) is 0 Å². The zero-order chi connectivity index (χ0) is 26.8. The Hall–Kier alpha value is -2.59. The van der Waals surface area contributed by atoms with Crippen LogP contribution in [0.1, 0.15) is 49.9 Å². The molecule has 3 aromatic rings. The number of nitrogens with zero attached hydrogens (tertiary/aromatic N) is 3. The van der Waals surface area contributed by atoms with Gasteiger partial charge in [-0.2, -0.15) is 0 Å². The third-order valence-electron chi connectivity index (χ3n) is 8.73. The van der Waals surface area contributed by atoms with Gasteiger partial charge >= 0.3 is 0 Å². The second-order valence-corrected chi connectivity index (χ2v) is 13.5. The minimum absolute atomic E-state index is 0.0695. The van der Waals surface area contributed by atoms with E-state index in [4.69, 9.17) is 14.5 Å². The molecule has 0 aliphatic heterocycles. The van der Waals surface area contributed by atoms with Gasteiger partial charge in [-0.25, -0.2) is 17.4 Å². The van der Waals surface area contributed by atoms with Crippen LogP contribution in [-0.4, -0.2) is 48.1 Å². The summed E-state index contributed by atoms with van der Waals surface area (Å²) in [7, 11) is -0.779. The molecule has 2 heterocycles. The van der Waals surface area contributed by atoms with E-state index in [1.807, 2.05) is 13.8 Å². The van der Waals surface area contributed by atoms with Gasteiger partial charge in [0.25, 0.3) is 0 Å². The molecule has 0 saturated heterocycles. The van der Waals surface area contributed by atoms with E-state index in [1.54, 1.807) is 38.6 Å². The molecule has 2 saturated carbocycles. The lowest BCUT2D eigenvalue weighted by atomic mass is 9.70. The maximum absolute atomic E-state index is 14.2. The highest BCUT2D eigenvalue weighted by Gasteiger charge is 2.65. The van der Waals surface area contributed by atoms with Crippen LogP contribution in [0.4, 0.5) is 0 Å². The molecule has 2 aliphatic carbocycles. The number of hydrogen-bond acceptors (Lipinski definition) is 8. The van der Waals surface area contributed by atoms with Crippen LogP contribution >= 0.6 is 11.8 Å². The van der Waals surface area contributed by atoms with Crippen molar-refractivity contribution < 1.29 is 22.7 Å². The predicted molar refractivity (Wildman–Crippen MR) is 144 cm³/mol. The van der Waals surface area contributed by atoms with Crippen molar-refractivity contribution in [3.05, 3.63) is 41.2 Å². The fourth-order valence-electron chi connectivity index (χ4n) is 6.33. The van der Waals surface area contributed by atoms with Crippen molar-refractivity contribution in [3.8, 4) is 11.5 Å². The minimum Gasteiger partial charge on any atom is -0.497 e. The molecular formula is C27H33N3O5S2. The zero-order valence-corrected chi connectivity index (χ0v) is 23.8. The molecule has 2 atom stereocenters. The lowest BCUT2D eigenvalue weighted by molar-refractivity contribution is -0.128. The number of aromatic nitrogens is 3. The number of thioether (sulfide) groups is 1. The maximum atomic E-state index is 14.2. The van der Waals surface area contributed by atoms with Gasteiger partial charge in [0.15, 0.2) is 5.16 Å². The first kappa shape index (κ1) is 26.0. The summed E-state index contributed by atoms with van der Waals surface area (Å²) in [5.74, 6) is 1.80. The number of carbonyl (C=O) groups excluding carboxylic acids is 1. The van der Waals surface area contributed by atoms with E-state index in [9.17, 15) is 13.2 Å². The number of carbonyl (C=O) groups is 1. The molecule has 0 N–H and O–H groups in total. The molecule has 37 heavy (non-hydrogen) atoms. The van der Waals surface area contributed by atoms with Gasteiger partial charge in [0.2, 0.25) is 10.0 Å². The molecule has 2 aliphatic rings. The van der Waals surface area contributed by atoms with E-state index in [0.717, 1.165) is 29.0 Å². The first-order chi connectivity index (χ1) is 17.4. The number of aryl methyl sites for hydroxylation is 1. The summed E-state index contributed by atoms with van der Waals surface area (Å²) in [6.07, 6.45) is 3.71. The number of hydrogen-bond donors (Lipinski definition) is 0. The SMILES string of the molecule is COc1ccc2nc(SCc3ncc(C)c(OC)c3C)n(S(=O)(=O)C[C@]34CCC(CC3=O)C4(C)C)c2c1. The molecule has 0 spiro atoms. The van der Waals surface area contributed by atoms with Gasteiger partial charge in [0, 0.05) is 35.6 Å². The maximum Gasteiger partial charge on any atom is 0.242 e. The molecular weight excluding hydrogens is 510 g/mol. The molecule has 0 radical (unpaired) electrons. The van der Waals surface area contributed by atoms with Crippen LogP contribution in [0.3, 0.4) is 0 Å². The highest BCUT2D eigenvalue weighted by molar-refractivity contribution is 7.99. The van der Waals surface area contributed by atoms with Crippen LogP contribution in [0.25, 0.3) is 11.0 Å².